The van der Waals surface area contributed by atoms with Crippen molar-refractivity contribution < 1.29 is 9.66 Å². The zero-order valence-electron chi connectivity index (χ0n) is 12.3. The van der Waals surface area contributed by atoms with Gasteiger partial charge in [-0.2, -0.15) is 0 Å². The van der Waals surface area contributed by atoms with Crippen LogP contribution in [0.25, 0.3) is 0 Å². The predicted octanol–water partition coefficient (Wildman–Crippen LogP) is 2.93. The third-order valence-electron chi connectivity index (χ3n) is 3.22. The van der Waals surface area contributed by atoms with Crippen molar-refractivity contribution in [3.63, 3.8) is 0 Å². The Balaban J connectivity index is 2.35. The molecule has 0 radical (unpaired) electrons. The molecule has 1 aromatic rings. The zero-order chi connectivity index (χ0) is 14.8. The molecule has 0 fully saturated rings. The molecule has 0 amide bonds. The van der Waals surface area contributed by atoms with Crippen molar-refractivity contribution >= 4 is 5.69 Å². The number of methoxy groups -OCH3 is 1. The fourth-order valence-electron chi connectivity index (χ4n) is 2.13. The first kappa shape index (κ1) is 16.6. The molecule has 0 bridgehead atoms. The number of ether oxygens (including phenoxy) is 1. The highest BCUT2D eigenvalue weighted by atomic mass is 16.6. The van der Waals surface area contributed by atoms with Crippen molar-refractivity contribution in [2.24, 2.45) is 0 Å². The van der Waals surface area contributed by atoms with Gasteiger partial charge in [-0.05, 0) is 37.8 Å². The van der Waals surface area contributed by atoms with E-state index in [0.29, 0.717) is 6.04 Å². The van der Waals surface area contributed by atoms with E-state index in [1.165, 1.54) is 0 Å². The number of nitrogens with one attached hydrogen (secondary N) is 1. The first-order valence-electron chi connectivity index (χ1n) is 7.13. The molecule has 1 rings (SSSR count). The number of nitro groups is 1. The van der Waals surface area contributed by atoms with Crippen LogP contribution in [0.2, 0.25) is 0 Å². The lowest BCUT2D eigenvalue weighted by molar-refractivity contribution is -0.384. The molecule has 1 aromatic carbocycles. The summed E-state index contributed by atoms with van der Waals surface area (Å²) in [6.45, 7) is 3.87. The van der Waals surface area contributed by atoms with Crippen LogP contribution in [0.4, 0.5) is 5.69 Å². The molecule has 0 saturated heterocycles. The first-order valence-corrected chi connectivity index (χ1v) is 7.13. The zero-order valence-corrected chi connectivity index (χ0v) is 12.3. The van der Waals surface area contributed by atoms with Gasteiger partial charge in [0, 0.05) is 25.3 Å². The third-order valence-corrected chi connectivity index (χ3v) is 3.22. The van der Waals surface area contributed by atoms with Crippen LogP contribution in [-0.2, 0) is 11.2 Å². The van der Waals surface area contributed by atoms with E-state index in [4.69, 9.17) is 4.74 Å². The Labute approximate surface area is 120 Å². The second kappa shape index (κ2) is 9.44. The highest BCUT2D eigenvalue weighted by Crippen LogP contribution is 2.14. The summed E-state index contributed by atoms with van der Waals surface area (Å²) < 4.78 is 5.21. The summed E-state index contributed by atoms with van der Waals surface area (Å²) in [5.74, 6) is 0. The maximum absolute atomic E-state index is 10.6. The number of nitro benzene ring substituents is 1. The van der Waals surface area contributed by atoms with Crippen LogP contribution in [0, 0.1) is 10.1 Å². The van der Waals surface area contributed by atoms with Crippen LogP contribution in [-0.4, -0.2) is 31.2 Å². The summed E-state index contributed by atoms with van der Waals surface area (Å²) in [6, 6.07) is 7.19. The smallest absolute Gasteiger partial charge is 0.269 e. The SMILES string of the molecule is CCCNC(CCCc1ccc([N+](=O)[O-])cc1)COC. The van der Waals surface area contributed by atoms with Crippen LogP contribution in [0.1, 0.15) is 31.7 Å². The molecule has 0 heterocycles. The van der Waals surface area contributed by atoms with E-state index in [-0.39, 0.29) is 10.6 Å². The molecule has 1 atom stereocenters. The van der Waals surface area contributed by atoms with Crippen molar-refractivity contribution in [3.8, 4) is 0 Å². The number of nitrogens with zero attached hydrogens (tertiary/aromatic N) is 1. The number of benzene rings is 1. The maximum Gasteiger partial charge on any atom is 0.269 e. The Morgan fingerprint density at radius 1 is 1.35 bits per heavy atom. The van der Waals surface area contributed by atoms with E-state index < -0.39 is 0 Å². The Hall–Kier alpha value is -1.46. The van der Waals surface area contributed by atoms with Crippen LogP contribution >= 0.6 is 0 Å². The number of hydrogen-bond acceptors (Lipinski definition) is 4. The van der Waals surface area contributed by atoms with E-state index in [1.807, 2.05) is 12.1 Å². The fraction of sp³-hybridized carbons (Fsp3) is 0.600. The quantitative estimate of drug-likeness (QED) is 0.528. The van der Waals surface area contributed by atoms with Crippen LogP contribution in [0.5, 0.6) is 0 Å². The van der Waals surface area contributed by atoms with Crippen molar-refractivity contribution in [1.82, 2.24) is 5.32 Å². The number of aryl methyl sites for hydroxylation is 1. The van der Waals surface area contributed by atoms with Gasteiger partial charge in [0.25, 0.3) is 5.69 Å². The van der Waals surface area contributed by atoms with E-state index >= 15 is 0 Å². The van der Waals surface area contributed by atoms with Crippen molar-refractivity contribution in [1.29, 1.82) is 0 Å². The average molecular weight is 280 g/mol. The third kappa shape index (κ3) is 6.12. The highest BCUT2D eigenvalue weighted by molar-refractivity contribution is 5.32. The average Bonchev–Trinajstić information content (AvgIpc) is 2.45. The minimum atomic E-state index is -0.368. The molecular formula is C15H24N2O3. The molecular weight excluding hydrogens is 256 g/mol. The van der Waals surface area contributed by atoms with Gasteiger partial charge in [-0.15, -0.1) is 0 Å². The number of non-ortho nitro benzene ring substituents is 1. The van der Waals surface area contributed by atoms with Gasteiger partial charge in [0.05, 0.1) is 11.5 Å². The monoisotopic (exact) mass is 280 g/mol. The van der Waals surface area contributed by atoms with Crippen LogP contribution < -0.4 is 5.32 Å². The maximum atomic E-state index is 10.6. The Kier molecular flexibility index (Phi) is 7.84. The van der Waals surface area contributed by atoms with E-state index in [0.717, 1.165) is 44.4 Å². The summed E-state index contributed by atoms with van der Waals surface area (Å²) in [5.41, 5.74) is 1.29. The van der Waals surface area contributed by atoms with Crippen molar-refractivity contribution in [3.05, 3.63) is 39.9 Å². The Bertz CT molecular complexity index is 393. The first-order chi connectivity index (χ1) is 9.67. The van der Waals surface area contributed by atoms with Gasteiger partial charge in [0.15, 0.2) is 0 Å². The van der Waals surface area contributed by atoms with E-state index in [2.05, 4.69) is 12.2 Å². The Morgan fingerprint density at radius 2 is 2.05 bits per heavy atom. The Morgan fingerprint density at radius 3 is 2.60 bits per heavy atom. The molecule has 0 aromatic heterocycles. The van der Waals surface area contributed by atoms with Gasteiger partial charge in [-0.1, -0.05) is 19.1 Å². The standard InChI is InChI=1S/C15H24N2O3/c1-3-11-16-14(12-20-2)6-4-5-13-7-9-15(10-8-13)17(18)19/h7-10,14,16H,3-6,11-12H2,1-2H3. The van der Waals surface area contributed by atoms with E-state index in [9.17, 15) is 10.1 Å². The number of rotatable bonds is 10. The minimum absolute atomic E-state index is 0.149. The summed E-state index contributed by atoms with van der Waals surface area (Å²) in [4.78, 5) is 10.2. The minimum Gasteiger partial charge on any atom is -0.383 e. The van der Waals surface area contributed by atoms with Gasteiger partial charge in [0.1, 0.15) is 0 Å². The van der Waals surface area contributed by atoms with Gasteiger partial charge in [0.2, 0.25) is 0 Å². The number of hydrogen-bond donors (Lipinski definition) is 1. The van der Waals surface area contributed by atoms with Gasteiger partial charge >= 0.3 is 0 Å². The second-order valence-corrected chi connectivity index (χ2v) is 4.92. The molecule has 20 heavy (non-hydrogen) atoms. The molecule has 112 valence electrons. The van der Waals surface area contributed by atoms with Gasteiger partial charge < -0.3 is 10.1 Å². The summed E-state index contributed by atoms with van der Waals surface area (Å²) in [7, 11) is 1.72. The van der Waals surface area contributed by atoms with Crippen molar-refractivity contribution in [2.75, 3.05) is 20.3 Å². The van der Waals surface area contributed by atoms with Crippen molar-refractivity contribution in [2.45, 2.75) is 38.6 Å². The fourth-order valence-corrected chi connectivity index (χ4v) is 2.13. The second-order valence-electron chi connectivity index (χ2n) is 4.92. The normalized spacial score (nSPS) is 12.3. The lowest BCUT2D eigenvalue weighted by Crippen LogP contribution is -2.33. The predicted molar refractivity (Wildman–Crippen MR) is 80.0 cm³/mol. The summed E-state index contributed by atoms with van der Waals surface area (Å²) >= 11 is 0. The molecule has 0 aliphatic rings. The molecule has 0 aliphatic heterocycles. The molecule has 5 heteroatoms. The van der Waals surface area contributed by atoms with Crippen LogP contribution in [0.15, 0.2) is 24.3 Å². The van der Waals surface area contributed by atoms with Gasteiger partial charge in [-0.3, -0.25) is 10.1 Å². The van der Waals surface area contributed by atoms with Gasteiger partial charge in [-0.25, -0.2) is 0 Å². The van der Waals surface area contributed by atoms with Crippen LogP contribution in [0.3, 0.4) is 0 Å². The lowest BCUT2D eigenvalue weighted by atomic mass is 10.0. The lowest BCUT2D eigenvalue weighted by Gasteiger charge is -2.17. The molecule has 0 spiro atoms. The topological polar surface area (TPSA) is 64.4 Å². The molecule has 0 aliphatic carbocycles. The molecule has 1 N–H and O–H groups in total. The molecule has 5 nitrogen and oxygen atoms in total. The largest absolute Gasteiger partial charge is 0.383 e. The van der Waals surface area contributed by atoms with E-state index in [1.54, 1.807) is 19.2 Å². The highest BCUT2D eigenvalue weighted by Gasteiger charge is 2.08. The molecule has 1 unspecified atom stereocenters. The summed E-state index contributed by atoms with van der Waals surface area (Å²) in [6.07, 6.45) is 4.14. The summed E-state index contributed by atoms with van der Waals surface area (Å²) in [5, 5.41) is 14.0. The molecule has 0 saturated carbocycles.